The lowest BCUT2D eigenvalue weighted by Crippen LogP contribution is -2.18. The number of alkyl halides is 3. The van der Waals surface area contributed by atoms with Crippen LogP contribution in [0.2, 0.25) is 0 Å². The summed E-state index contributed by atoms with van der Waals surface area (Å²) in [6.07, 6.45) is -4.97. The summed E-state index contributed by atoms with van der Waals surface area (Å²) in [5.41, 5.74) is -3.40. The van der Waals surface area contributed by atoms with Gasteiger partial charge in [-0.1, -0.05) is 36.4 Å². The lowest BCUT2D eigenvalue weighted by atomic mass is 9.91. The number of halogens is 3. The van der Waals surface area contributed by atoms with Crippen molar-refractivity contribution in [3.8, 4) is 11.1 Å². The van der Waals surface area contributed by atoms with E-state index in [0.717, 1.165) is 6.07 Å². The number of carboxylic acid groups (broad SMARTS) is 2. The average Bonchev–Trinajstić information content (AvgIpc) is 2.45. The van der Waals surface area contributed by atoms with Gasteiger partial charge >= 0.3 is 18.1 Å². The SMILES string of the molecule is O=C(O)c1c(-c2ccccc2)ccc(C(F)(F)F)c1C(=O)O. The van der Waals surface area contributed by atoms with Crippen molar-refractivity contribution >= 4 is 11.9 Å². The van der Waals surface area contributed by atoms with Gasteiger partial charge in [0.05, 0.1) is 16.7 Å². The Labute approximate surface area is 122 Å². The first-order valence-corrected chi connectivity index (χ1v) is 5.99. The molecule has 0 bridgehead atoms. The lowest BCUT2D eigenvalue weighted by Gasteiger charge is -2.15. The first kappa shape index (κ1) is 15.6. The number of hydrogen-bond donors (Lipinski definition) is 2. The minimum Gasteiger partial charge on any atom is -0.478 e. The average molecular weight is 310 g/mol. The van der Waals surface area contributed by atoms with Crippen LogP contribution in [0.1, 0.15) is 26.3 Å². The molecule has 0 unspecified atom stereocenters. The van der Waals surface area contributed by atoms with E-state index >= 15 is 0 Å². The summed E-state index contributed by atoms with van der Waals surface area (Å²) in [6.45, 7) is 0. The first-order valence-electron chi connectivity index (χ1n) is 5.99. The van der Waals surface area contributed by atoms with Gasteiger partial charge < -0.3 is 10.2 Å². The van der Waals surface area contributed by atoms with E-state index in [4.69, 9.17) is 5.11 Å². The maximum atomic E-state index is 12.9. The zero-order valence-electron chi connectivity index (χ0n) is 10.9. The van der Waals surface area contributed by atoms with Gasteiger partial charge in [0.25, 0.3) is 0 Å². The Morgan fingerprint density at radius 1 is 0.818 bits per heavy atom. The molecule has 0 aliphatic heterocycles. The summed E-state index contributed by atoms with van der Waals surface area (Å²) in [5.74, 6) is -3.68. The molecule has 0 aliphatic rings. The van der Waals surface area contributed by atoms with E-state index in [-0.39, 0.29) is 5.56 Å². The number of carboxylic acids is 2. The number of carbonyl (C=O) groups is 2. The molecule has 22 heavy (non-hydrogen) atoms. The molecule has 0 atom stereocenters. The van der Waals surface area contributed by atoms with Crippen LogP contribution in [0.25, 0.3) is 11.1 Å². The third-order valence-electron chi connectivity index (χ3n) is 3.02. The van der Waals surface area contributed by atoms with E-state index in [1.54, 1.807) is 18.2 Å². The number of benzene rings is 2. The highest BCUT2D eigenvalue weighted by molar-refractivity contribution is 6.07. The molecule has 0 aromatic heterocycles. The van der Waals surface area contributed by atoms with Crippen molar-refractivity contribution in [1.82, 2.24) is 0 Å². The molecule has 0 radical (unpaired) electrons. The van der Waals surface area contributed by atoms with Crippen LogP contribution in [0.3, 0.4) is 0 Å². The first-order chi connectivity index (χ1) is 10.2. The van der Waals surface area contributed by atoms with E-state index < -0.39 is 34.8 Å². The maximum Gasteiger partial charge on any atom is 0.417 e. The van der Waals surface area contributed by atoms with Crippen LogP contribution in [-0.4, -0.2) is 22.2 Å². The monoisotopic (exact) mass is 310 g/mol. The maximum absolute atomic E-state index is 12.9. The predicted octanol–water partition coefficient (Wildman–Crippen LogP) is 3.77. The third kappa shape index (κ3) is 2.78. The van der Waals surface area contributed by atoms with Gasteiger partial charge in [-0.15, -0.1) is 0 Å². The molecule has 0 saturated heterocycles. The van der Waals surface area contributed by atoms with E-state index in [2.05, 4.69) is 0 Å². The highest BCUT2D eigenvalue weighted by Crippen LogP contribution is 2.37. The summed E-state index contributed by atoms with van der Waals surface area (Å²) in [7, 11) is 0. The molecule has 114 valence electrons. The van der Waals surface area contributed by atoms with E-state index in [9.17, 15) is 27.9 Å². The van der Waals surface area contributed by atoms with Crippen LogP contribution in [0.4, 0.5) is 13.2 Å². The molecular weight excluding hydrogens is 301 g/mol. The molecule has 4 nitrogen and oxygen atoms in total. The Morgan fingerprint density at radius 2 is 1.36 bits per heavy atom. The predicted molar refractivity (Wildman–Crippen MR) is 70.8 cm³/mol. The molecule has 2 aromatic carbocycles. The van der Waals surface area contributed by atoms with Crippen LogP contribution in [0.5, 0.6) is 0 Å². The van der Waals surface area contributed by atoms with E-state index in [0.29, 0.717) is 11.6 Å². The second-order valence-corrected chi connectivity index (χ2v) is 4.38. The zero-order chi connectivity index (χ0) is 16.5. The second-order valence-electron chi connectivity index (χ2n) is 4.38. The van der Waals surface area contributed by atoms with Crippen molar-refractivity contribution in [2.24, 2.45) is 0 Å². The van der Waals surface area contributed by atoms with Crippen LogP contribution in [0.15, 0.2) is 42.5 Å². The molecule has 0 amide bonds. The molecular formula is C15H9F3O4. The van der Waals surface area contributed by atoms with Crippen molar-refractivity contribution in [3.05, 3.63) is 59.2 Å². The Morgan fingerprint density at radius 3 is 1.82 bits per heavy atom. The van der Waals surface area contributed by atoms with Crippen LogP contribution in [-0.2, 0) is 6.18 Å². The second kappa shape index (κ2) is 5.51. The summed E-state index contributed by atoms with van der Waals surface area (Å²) < 4.78 is 38.8. The minimum absolute atomic E-state index is 0.0847. The molecule has 2 rings (SSSR count). The van der Waals surface area contributed by atoms with Gasteiger partial charge in [-0.2, -0.15) is 13.2 Å². The molecule has 0 spiro atoms. The Hall–Kier alpha value is -2.83. The van der Waals surface area contributed by atoms with Crippen molar-refractivity contribution in [2.45, 2.75) is 6.18 Å². The number of rotatable bonds is 3. The van der Waals surface area contributed by atoms with Crippen molar-refractivity contribution in [1.29, 1.82) is 0 Å². The lowest BCUT2D eigenvalue weighted by molar-refractivity contribution is -0.138. The van der Waals surface area contributed by atoms with Crippen LogP contribution < -0.4 is 0 Å². The summed E-state index contributed by atoms with van der Waals surface area (Å²) in [5, 5.41) is 18.3. The topological polar surface area (TPSA) is 74.6 Å². The molecule has 0 aliphatic carbocycles. The van der Waals surface area contributed by atoms with Gasteiger partial charge in [-0.05, 0) is 17.2 Å². The Kier molecular flexibility index (Phi) is 3.90. The minimum atomic E-state index is -4.97. The molecule has 2 aromatic rings. The fourth-order valence-electron chi connectivity index (χ4n) is 2.14. The number of hydrogen-bond acceptors (Lipinski definition) is 2. The van der Waals surface area contributed by atoms with Crippen molar-refractivity contribution < 1.29 is 33.0 Å². The van der Waals surface area contributed by atoms with Gasteiger partial charge in [0.2, 0.25) is 0 Å². The fraction of sp³-hybridized carbons (Fsp3) is 0.0667. The third-order valence-corrected chi connectivity index (χ3v) is 3.02. The molecule has 0 fully saturated rings. The van der Waals surface area contributed by atoms with Crippen LogP contribution in [0, 0.1) is 0 Å². The van der Waals surface area contributed by atoms with Crippen molar-refractivity contribution in [2.75, 3.05) is 0 Å². The smallest absolute Gasteiger partial charge is 0.417 e. The van der Waals surface area contributed by atoms with Gasteiger partial charge in [-0.3, -0.25) is 0 Å². The highest BCUT2D eigenvalue weighted by atomic mass is 19.4. The van der Waals surface area contributed by atoms with E-state index in [1.807, 2.05) is 0 Å². The van der Waals surface area contributed by atoms with Crippen LogP contribution >= 0.6 is 0 Å². The molecule has 0 saturated carbocycles. The largest absolute Gasteiger partial charge is 0.478 e. The normalized spacial score (nSPS) is 11.2. The zero-order valence-corrected chi connectivity index (χ0v) is 10.9. The standard InChI is InChI=1S/C15H9F3O4/c16-15(17,18)10-7-6-9(8-4-2-1-3-5-8)11(13(19)20)12(10)14(21)22/h1-7H,(H,19,20)(H,21,22). The Balaban J connectivity index is 2.87. The van der Waals surface area contributed by atoms with Gasteiger partial charge in [0.15, 0.2) is 0 Å². The number of aromatic carboxylic acids is 2. The molecule has 0 heterocycles. The highest BCUT2D eigenvalue weighted by Gasteiger charge is 2.38. The fourth-order valence-corrected chi connectivity index (χ4v) is 2.14. The summed E-state index contributed by atoms with van der Waals surface area (Å²) in [4.78, 5) is 22.6. The van der Waals surface area contributed by atoms with Crippen molar-refractivity contribution in [3.63, 3.8) is 0 Å². The quantitative estimate of drug-likeness (QED) is 0.905. The molecule has 2 N–H and O–H groups in total. The summed E-state index contributed by atoms with van der Waals surface area (Å²) >= 11 is 0. The molecule has 7 heteroatoms. The Bertz CT molecular complexity index is 736. The van der Waals surface area contributed by atoms with E-state index in [1.165, 1.54) is 12.1 Å². The summed E-state index contributed by atoms with van der Waals surface area (Å²) in [6, 6.07) is 9.30. The van der Waals surface area contributed by atoms with Gasteiger partial charge in [0.1, 0.15) is 0 Å². The van der Waals surface area contributed by atoms with Gasteiger partial charge in [-0.25, -0.2) is 9.59 Å². The van der Waals surface area contributed by atoms with Gasteiger partial charge in [0, 0.05) is 0 Å².